The van der Waals surface area contributed by atoms with Crippen molar-refractivity contribution >= 4 is 5.96 Å². The lowest BCUT2D eigenvalue weighted by Crippen LogP contribution is -2.37. The smallest absolute Gasteiger partial charge is 0.191 e. The Morgan fingerprint density at radius 1 is 1.35 bits per heavy atom. The maximum absolute atomic E-state index is 6.04. The van der Waals surface area contributed by atoms with Crippen LogP contribution in [-0.2, 0) is 20.1 Å². The molecular weight excluding hydrogens is 328 g/mol. The number of guanidine groups is 1. The van der Waals surface area contributed by atoms with Crippen molar-refractivity contribution in [3.8, 4) is 5.75 Å². The highest BCUT2D eigenvalue weighted by molar-refractivity contribution is 5.79. The number of aliphatic imine (C=N–C) groups is 1. The van der Waals surface area contributed by atoms with Crippen molar-refractivity contribution in [1.29, 1.82) is 0 Å². The third kappa shape index (κ3) is 5.21. The number of nitrogens with zero attached hydrogens (tertiary/aromatic N) is 4. The average Bonchev–Trinajstić information content (AvgIpc) is 3.37. The summed E-state index contributed by atoms with van der Waals surface area (Å²) in [6, 6.07) is 6.31. The summed E-state index contributed by atoms with van der Waals surface area (Å²) >= 11 is 0. The largest absolute Gasteiger partial charge is 0.493 e. The van der Waals surface area contributed by atoms with Crippen molar-refractivity contribution < 1.29 is 4.74 Å². The third-order valence-electron chi connectivity index (χ3n) is 4.36. The minimum Gasteiger partial charge on any atom is -0.493 e. The molecule has 0 radical (unpaired) electrons. The molecule has 2 N–H and O–H groups in total. The second-order valence-electron chi connectivity index (χ2n) is 6.77. The van der Waals surface area contributed by atoms with Gasteiger partial charge in [-0.2, -0.15) is 0 Å². The molecule has 2 aromatic rings. The van der Waals surface area contributed by atoms with E-state index >= 15 is 0 Å². The summed E-state index contributed by atoms with van der Waals surface area (Å²) in [4.78, 5) is 4.70. The number of rotatable bonds is 8. The number of aryl methyl sites for hydroxylation is 2. The van der Waals surface area contributed by atoms with Gasteiger partial charge in [-0.25, -0.2) is 4.99 Å². The highest BCUT2D eigenvalue weighted by atomic mass is 16.5. The molecule has 0 spiro atoms. The summed E-state index contributed by atoms with van der Waals surface area (Å²) in [6.45, 7) is 6.88. The molecule has 0 saturated heterocycles. The lowest BCUT2D eigenvalue weighted by atomic mass is 10.1. The lowest BCUT2D eigenvalue weighted by molar-refractivity contribution is 0.296. The first kappa shape index (κ1) is 18.2. The van der Waals surface area contributed by atoms with Crippen molar-refractivity contribution in [2.24, 2.45) is 18.0 Å². The molecule has 0 bridgehead atoms. The van der Waals surface area contributed by atoms with E-state index in [1.165, 1.54) is 18.4 Å². The van der Waals surface area contributed by atoms with Crippen molar-refractivity contribution in [2.45, 2.75) is 39.8 Å². The van der Waals surface area contributed by atoms with E-state index in [0.29, 0.717) is 13.1 Å². The van der Waals surface area contributed by atoms with Gasteiger partial charge in [0.05, 0.1) is 19.7 Å². The second-order valence-corrected chi connectivity index (χ2v) is 6.77. The van der Waals surface area contributed by atoms with E-state index in [4.69, 9.17) is 9.73 Å². The van der Waals surface area contributed by atoms with E-state index < -0.39 is 0 Å². The molecule has 1 saturated carbocycles. The molecular formula is C19H28N6O. The van der Waals surface area contributed by atoms with Crippen LogP contribution in [-0.4, -0.2) is 33.9 Å². The van der Waals surface area contributed by atoms with E-state index in [2.05, 4.69) is 52.9 Å². The number of hydrogen-bond donors (Lipinski definition) is 2. The maximum atomic E-state index is 6.04. The molecule has 1 aliphatic rings. The van der Waals surface area contributed by atoms with Gasteiger partial charge in [0.1, 0.15) is 12.1 Å². The molecule has 0 atom stereocenters. The zero-order valence-electron chi connectivity index (χ0n) is 15.8. The van der Waals surface area contributed by atoms with Crippen LogP contribution in [0.1, 0.15) is 36.7 Å². The molecule has 7 heteroatoms. The topological polar surface area (TPSA) is 76.4 Å². The molecule has 140 valence electrons. The lowest BCUT2D eigenvalue weighted by Gasteiger charge is -2.13. The van der Waals surface area contributed by atoms with Crippen molar-refractivity contribution in [1.82, 2.24) is 25.4 Å². The van der Waals surface area contributed by atoms with Gasteiger partial charge in [0.25, 0.3) is 0 Å². The number of nitrogens with one attached hydrogen (secondary N) is 2. The zero-order valence-corrected chi connectivity index (χ0v) is 15.8. The van der Waals surface area contributed by atoms with Crippen LogP contribution in [0.3, 0.4) is 0 Å². The quantitative estimate of drug-likeness (QED) is 0.560. The van der Waals surface area contributed by atoms with E-state index in [1.54, 1.807) is 6.33 Å². The fourth-order valence-corrected chi connectivity index (χ4v) is 2.55. The highest BCUT2D eigenvalue weighted by Crippen LogP contribution is 2.30. The van der Waals surface area contributed by atoms with Gasteiger partial charge in [0, 0.05) is 19.2 Å². The Morgan fingerprint density at radius 2 is 2.19 bits per heavy atom. The highest BCUT2D eigenvalue weighted by Gasteiger charge is 2.22. The van der Waals surface area contributed by atoms with Gasteiger partial charge in [-0.05, 0) is 44.2 Å². The molecule has 1 fully saturated rings. The first-order chi connectivity index (χ1) is 12.7. The van der Waals surface area contributed by atoms with Gasteiger partial charge < -0.3 is 19.9 Å². The van der Waals surface area contributed by atoms with E-state index in [-0.39, 0.29) is 0 Å². The summed E-state index contributed by atoms with van der Waals surface area (Å²) in [6.07, 6.45) is 4.27. The first-order valence-electron chi connectivity index (χ1n) is 9.23. The standard InChI is InChI=1S/C19H28N6O/c1-4-20-19(22-11-18-24-23-13-25(18)3)21-10-16-8-5-14(2)9-17(16)26-12-15-6-7-15/h5,8-9,13,15H,4,6-7,10-12H2,1-3H3,(H2,20,21,22). The Hall–Kier alpha value is -2.57. The number of ether oxygens (including phenoxy) is 1. The van der Waals surface area contributed by atoms with Crippen LogP contribution in [0.25, 0.3) is 0 Å². The van der Waals surface area contributed by atoms with Gasteiger partial charge in [0.15, 0.2) is 11.8 Å². The van der Waals surface area contributed by atoms with E-state index in [9.17, 15) is 0 Å². The van der Waals surface area contributed by atoms with Gasteiger partial charge in [-0.3, -0.25) is 0 Å². The van der Waals surface area contributed by atoms with Crippen LogP contribution < -0.4 is 15.4 Å². The molecule has 3 rings (SSSR count). The molecule has 1 heterocycles. The van der Waals surface area contributed by atoms with E-state index in [0.717, 1.165) is 42.2 Å². The van der Waals surface area contributed by atoms with E-state index in [1.807, 2.05) is 11.6 Å². The van der Waals surface area contributed by atoms with Gasteiger partial charge >= 0.3 is 0 Å². The van der Waals surface area contributed by atoms with Crippen molar-refractivity contribution in [2.75, 3.05) is 13.2 Å². The number of benzene rings is 1. The predicted molar refractivity (Wildman–Crippen MR) is 102 cm³/mol. The molecule has 1 aromatic heterocycles. The number of hydrogen-bond acceptors (Lipinski definition) is 4. The van der Waals surface area contributed by atoms with Crippen molar-refractivity contribution in [3.63, 3.8) is 0 Å². The monoisotopic (exact) mass is 356 g/mol. The van der Waals surface area contributed by atoms with Crippen LogP contribution in [0.4, 0.5) is 0 Å². The average molecular weight is 356 g/mol. The minimum atomic E-state index is 0.564. The maximum Gasteiger partial charge on any atom is 0.191 e. The second kappa shape index (κ2) is 8.69. The van der Waals surface area contributed by atoms with Gasteiger partial charge in [-0.1, -0.05) is 12.1 Å². The molecule has 0 amide bonds. The molecule has 26 heavy (non-hydrogen) atoms. The van der Waals surface area contributed by atoms with Gasteiger partial charge in [0.2, 0.25) is 0 Å². The summed E-state index contributed by atoms with van der Waals surface area (Å²) in [7, 11) is 1.93. The molecule has 1 aliphatic carbocycles. The number of aromatic nitrogens is 3. The van der Waals surface area contributed by atoms with Gasteiger partial charge in [-0.15, -0.1) is 10.2 Å². The summed E-state index contributed by atoms with van der Waals surface area (Å²) in [5.74, 6) is 3.30. The Labute approximate surface area is 154 Å². The zero-order chi connectivity index (χ0) is 18.4. The fourth-order valence-electron chi connectivity index (χ4n) is 2.55. The SMILES string of the molecule is CCNC(=NCc1ccc(C)cc1OCC1CC1)NCc1nncn1C. The Kier molecular flexibility index (Phi) is 6.09. The molecule has 1 aromatic carbocycles. The Balaban J connectivity index is 1.65. The fraction of sp³-hybridized carbons (Fsp3) is 0.526. The summed E-state index contributed by atoms with van der Waals surface area (Å²) in [5.41, 5.74) is 2.31. The Bertz CT molecular complexity index is 750. The summed E-state index contributed by atoms with van der Waals surface area (Å²) < 4.78 is 7.93. The third-order valence-corrected chi connectivity index (χ3v) is 4.36. The minimum absolute atomic E-state index is 0.564. The van der Waals surface area contributed by atoms with Crippen molar-refractivity contribution in [3.05, 3.63) is 41.5 Å². The molecule has 0 unspecified atom stereocenters. The molecule has 7 nitrogen and oxygen atoms in total. The van der Waals surface area contributed by atoms with Crippen LogP contribution in [0.15, 0.2) is 29.5 Å². The van der Waals surface area contributed by atoms with Crippen LogP contribution in [0, 0.1) is 12.8 Å². The molecule has 0 aliphatic heterocycles. The first-order valence-corrected chi connectivity index (χ1v) is 9.23. The van der Waals surface area contributed by atoms with Crippen LogP contribution >= 0.6 is 0 Å². The normalized spacial score (nSPS) is 14.3. The van der Waals surface area contributed by atoms with Crippen LogP contribution in [0.2, 0.25) is 0 Å². The Morgan fingerprint density at radius 3 is 2.88 bits per heavy atom. The predicted octanol–water partition coefficient (Wildman–Crippen LogP) is 2.17. The summed E-state index contributed by atoms with van der Waals surface area (Å²) in [5, 5.41) is 14.5. The van der Waals surface area contributed by atoms with Crippen LogP contribution in [0.5, 0.6) is 5.75 Å².